The fourth-order valence-corrected chi connectivity index (χ4v) is 2.20. The molecule has 0 fully saturated rings. The SMILES string of the molecule is CCCCCC(C)(C)CNC(=O)c1cccc(CN)c1. The van der Waals surface area contributed by atoms with Crippen molar-refractivity contribution in [1.29, 1.82) is 0 Å². The Morgan fingerprint density at radius 2 is 2.05 bits per heavy atom. The van der Waals surface area contributed by atoms with Crippen molar-refractivity contribution in [3.05, 3.63) is 35.4 Å². The number of hydrogen-bond acceptors (Lipinski definition) is 2. The second-order valence-corrected chi connectivity index (χ2v) is 6.21. The van der Waals surface area contributed by atoms with Gasteiger partial charge >= 0.3 is 0 Å². The first-order valence-corrected chi connectivity index (χ1v) is 7.56. The third kappa shape index (κ3) is 5.74. The summed E-state index contributed by atoms with van der Waals surface area (Å²) in [5.74, 6) is -0.0103. The van der Waals surface area contributed by atoms with E-state index in [9.17, 15) is 4.79 Å². The van der Waals surface area contributed by atoms with Crippen molar-refractivity contribution in [2.45, 2.75) is 53.0 Å². The van der Waals surface area contributed by atoms with Gasteiger partial charge in [0, 0.05) is 18.7 Å². The van der Waals surface area contributed by atoms with Crippen LogP contribution in [0.2, 0.25) is 0 Å². The molecule has 0 spiro atoms. The molecule has 1 amide bonds. The zero-order valence-corrected chi connectivity index (χ0v) is 13.0. The largest absolute Gasteiger partial charge is 0.352 e. The molecule has 1 aromatic carbocycles. The number of carbonyl (C=O) groups is 1. The first-order valence-electron chi connectivity index (χ1n) is 7.56. The molecule has 0 atom stereocenters. The van der Waals surface area contributed by atoms with Gasteiger partial charge in [0.1, 0.15) is 0 Å². The van der Waals surface area contributed by atoms with Crippen LogP contribution in [0.4, 0.5) is 0 Å². The minimum absolute atomic E-state index is 0.0103. The topological polar surface area (TPSA) is 55.1 Å². The lowest BCUT2D eigenvalue weighted by atomic mass is 9.87. The first kappa shape index (κ1) is 16.7. The van der Waals surface area contributed by atoms with Crippen molar-refractivity contribution in [2.24, 2.45) is 11.1 Å². The van der Waals surface area contributed by atoms with Crippen molar-refractivity contribution in [3.63, 3.8) is 0 Å². The van der Waals surface area contributed by atoms with Crippen LogP contribution in [0.25, 0.3) is 0 Å². The Hall–Kier alpha value is -1.35. The summed E-state index contributed by atoms with van der Waals surface area (Å²) in [7, 11) is 0. The Morgan fingerprint density at radius 1 is 1.30 bits per heavy atom. The number of hydrogen-bond donors (Lipinski definition) is 2. The van der Waals surface area contributed by atoms with Crippen LogP contribution in [0.5, 0.6) is 0 Å². The van der Waals surface area contributed by atoms with Gasteiger partial charge in [0.2, 0.25) is 0 Å². The average Bonchev–Trinajstić information content (AvgIpc) is 2.45. The van der Waals surface area contributed by atoms with Gasteiger partial charge < -0.3 is 11.1 Å². The predicted octanol–water partition coefficient (Wildman–Crippen LogP) is 3.48. The summed E-state index contributed by atoms with van der Waals surface area (Å²) in [5.41, 5.74) is 7.43. The maximum atomic E-state index is 12.1. The Labute approximate surface area is 122 Å². The van der Waals surface area contributed by atoms with Gasteiger partial charge in [0.25, 0.3) is 5.91 Å². The number of benzene rings is 1. The number of nitrogens with two attached hydrogens (primary N) is 1. The van der Waals surface area contributed by atoms with E-state index in [-0.39, 0.29) is 11.3 Å². The maximum Gasteiger partial charge on any atom is 0.251 e. The zero-order valence-electron chi connectivity index (χ0n) is 13.0. The Morgan fingerprint density at radius 3 is 2.70 bits per heavy atom. The molecule has 0 heterocycles. The zero-order chi connectivity index (χ0) is 15.0. The van der Waals surface area contributed by atoms with E-state index in [1.807, 2.05) is 24.3 Å². The summed E-state index contributed by atoms with van der Waals surface area (Å²) < 4.78 is 0. The fourth-order valence-electron chi connectivity index (χ4n) is 2.20. The quantitative estimate of drug-likeness (QED) is 0.714. The average molecular weight is 276 g/mol. The second-order valence-electron chi connectivity index (χ2n) is 6.21. The summed E-state index contributed by atoms with van der Waals surface area (Å²) in [6.45, 7) is 7.80. The van der Waals surface area contributed by atoms with E-state index < -0.39 is 0 Å². The number of amides is 1. The van der Waals surface area contributed by atoms with Crippen LogP contribution >= 0.6 is 0 Å². The third-order valence-corrected chi connectivity index (χ3v) is 3.61. The molecule has 0 unspecified atom stereocenters. The standard InChI is InChI=1S/C17H28N2O/c1-4-5-6-10-17(2,3)13-19-16(20)15-9-7-8-14(11-15)12-18/h7-9,11H,4-6,10,12-13,18H2,1-3H3,(H,19,20). The number of unbranched alkanes of at least 4 members (excludes halogenated alkanes) is 2. The highest BCUT2D eigenvalue weighted by molar-refractivity contribution is 5.94. The summed E-state index contributed by atoms with van der Waals surface area (Å²) in [5, 5.41) is 3.04. The fraction of sp³-hybridized carbons (Fsp3) is 0.588. The third-order valence-electron chi connectivity index (χ3n) is 3.61. The molecule has 0 aliphatic carbocycles. The molecule has 0 radical (unpaired) electrons. The maximum absolute atomic E-state index is 12.1. The molecule has 3 heteroatoms. The molecule has 3 N–H and O–H groups in total. The summed E-state index contributed by atoms with van der Waals surface area (Å²) in [6, 6.07) is 7.51. The molecule has 1 aromatic rings. The van der Waals surface area contributed by atoms with Crippen LogP contribution in [-0.2, 0) is 6.54 Å². The highest BCUT2D eigenvalue weighted by Crippen LogP contribution is 2.22. The van der Waals surface area contributed by atoms with Gasteiger partial charge in [-0.2, -0.15) is 0 Å². The highest BCUT2D eigenvalue weighted by atomic mass is 16.1. The van der Waals surface area contributed by atoms with E-state index in [4.69, 9.17) is 5.73 Å². The molecular weight excluding hydrogens is 248 g/mol. The van der Waals surface area contributed by atoms with Crippen LogP contribution in [-0.4, -0.2) is 12.5 Å². The van der Waals surface area contributed by atoms with Gasteiger partial charge in [0.15, 0.2) is 0 Å². The lowest BCUT2D eigenvalue weighted by Crippen LogP contribution is -2.34. The van der Waals surface area contributed by atoms with E-state index in [0.717, 1.165) is 12.0 Å². The second kappa shape index (κ2) is 8.05. The molecule has 0 aromatic heterocycles. The summed E-state index contributed by atoms with van der Waals surface area (Å²) in [6.07, 6.45) is 4.86. The molecule has 0 saturated heterocycles. The molecule has 112 valence electrons. The molecule has 3 nitrogen and oxygen atoms in total. The van der Waals surface area contributed by atoms with Gasteiger partial charge in [-0.1, -0.05) is 52.2 Å². The van der Waals surface area contributed by atoms with Gasteiger partial charge in [-0.15, -0.1) is 0 Å². The van der Waals surface area contributed by atoms with Crippen molar-refractivity contribution >= 4 is 5.91 Å². The van der Waals surface area contributed by atoms with Crippen LogP contribution < -0.4 is 11.1 Å². The van der Waals surface area contributed by atoms with Crippen LogP contribution in [0, 0.1) is 5.41 Å². The normalized spacial score (nSPS) is 11.4. The van der Waals surface area contributed by atoms with Crippen molar-refractivity contribution < 1.29 is 4.79 Å². The van der Waals surface area contributed by atoms with E-state index >= 15 is 0 Å². The number of carbonyl (C=O) groups excluding carboxylic acids is 1. The van der Waals surface area contributed by atoms with E-state index in [0.29, 0.717) is 18.7 Å². The molecule has 0 bridgehead atoms. The Bertz CT molecular complexity index is 427. The minimum atomic E-state index is -0.0103. The van der Waals surface area contributed by atoms with Gasteiger partial charge in [-0.05, 0) is 29.5 Å². The van der Waals surface area contributed by atoms with Crippen molar-refractivity contribution in [1.82, 2.24) is 5.32 Å². The molecule has 0 aliphatic rings. The Balaban J connectivity index is 2.49. The number of nitrogens with one attached hydrogen (secondary N) is 1. The van der Waals surface area contributed by atoms with Gasteiger partial charge in [0.05, 0.1) is 0 Å². The van der Waals surface area contributed by atoms with Crippen LogP contribution in [0.3, 0.4) is 0 Å². The summed E-state index contributed by atoms with van der Waals surface area (Å²) >= 11 is 0. The van der Waals surface area contributed by atoms with Crippen molar-refractivity contribution in [3.8, 4) is 0 Å². The predicted molar refractivity (Wildman–Crippen MR) is 84.6 cm³/mol. The van der Waals surface area contributed by atoms with E-state index in [1.165, 1.54) is 19.3 Å². The van der Waals surface area contributed by atoms with Gasteiger partial charge in [-0.3, -0.25) is 4.79 Å². The van der Waals surface area contributed by atoms with Gasteiger partial charge in [-0.25, -0.2) is 0 Å². The molecule has 0 saturated carbocycles. The summed E-state index contributed by atoms with van der Waals surface area (Å²) in [4.78, 5) is 12.1. The lowest BCUT2D eigenvalue weighted by molar-refractivity contribution is 0.0934. The molecular formula is C17H28N2O. The molecule has 20 heavy (non-hydrogen) atoms. The molecule has 1 rings (SSSR count). The van der Waals surface area contributed by atoms with Crippen LogP contribution in [0.15, 0.2) is 24.3 Å². The van der Waals surface area contributed by atoms with E-state index in [2.05, 4.69) is 26.1 Å². The highest BCUT2D eigenvalue weighted by Gasteiger charge is 2.18. The van der Waals surface area contributed by atoms with Crippen LogP contribution in [0.1, 0.15) is 62.4 Å². The minimum Gasteiger partial charge on any atom is -0.352 e. The Kier molecular flexibility index (Phi) is 6.73. The number of rotatable bonds is 8. The first-order chi connectivity index (χ1) is 9.48. The lowest BCUT2D eigenvalue weighted by Gasteiger charge is -2.25. The molecule has 0 aliphatic heterocycles. The monoisotopic (exact) mass is 276 g/mol. The van der Waals surface area contributed by atoms with E-state index in [1.54, 1.807) is 0 Å². The van der Waals surface area contributed by atoms with Crippen molar-refractivity contribution in [2.75, 3.05) is 6.54 Å². The smallest absolute Gasteiger partial charge is 0.251 e.